The highest BCUT2D eigenvalue weighted by Gasteiger charge is 2.55. The Kier molecular flexibility index (Phi) is 68.5. The molecular weight excluding hydrogens is 1570 g/mol. The maximum Gasteiger partial charge on any atom is 0.121 e. The molecule has 0 spiro atoms. The number of aliphatic hydroxyl groups is 2. The highest BCUT2D eigenvalue weighted by molar-refractivity contribution is 9.11. The van der Waals surface area contributed by atoms with E-state index < -0.39 is 254 Å². The molecule has 2 N–H and O–H groups in total. The summed E-state index contributed by atoms with van der Waals surface area (Å²) in [5, 5.41) is 19.2. The highest BCUT2D eigenvalue weighted by atomic mass is 79.9. The third-order valence-corrected chi connectivity index (χ3v) is 21.6. The van der Waals surface area contributed by atoms with Crippen LogP contribution in [-0.4, -0.2) is 640 Å². The van der Waals surface area contributed by atoms with Gasteiger partial charge in [-0.3, -0.25) is 0 Å². The van der Waals surface area contributed by atoms with Crippen LogP contribution in [0, 0.1) is 48.4 Å². The maximum atomic E-state index is 9.62. The summed E-state index contributed by atoms with van der Waals surface area (Å²) in [5.41, 5.74) is 0.770. The van der Waals surface area contributed by atoms with Crippen LogP contribution in [0.2, 0.25) is 0 Å². The molecule has 90 radical (unpaired) electrons. The van der Waals surface area contributed by atoms with Gasteiger partial charge in [0.05, 0.1) is 21.3 Å². The van der Waals surface area contributed by atoms with Crippen LogP contribution in [0.15, 0.2) is 63.5 Å². The second-order valence-corrected chi connectivity index (χ2v) is 33.8. The van der Waals surface area contributed by atoms with Gasteiger partial charge in [-0.15, -0.1) is 12.8 Å². The minimum absolute atomic E-state index is 0.632. The highest BCUT2D eigenvalue weighted by Crippen LogP contribution is 2.25. The van der Waals surface area contributed by atoms with E-state index in [0.717, 1.165) is 25.8 Å². The minimum atomic E-state index is -1.05. The van der Waals surface area contributed by atoms with E-state index in [1.54, 1.807) is 85.4 Å². The van der Waals surface area contributed by atoms with Crippen LogP contribution in [0.1, 0.15) is 49.9 Å². The standard InChI is InChI=1S/C17H20O3.C11H8O.C7H6Br2O.B29.B28.B27/c1-16(2,18)8-6-13-10-14(7-9-17(3,4)19)12-15(11-13)20-5;1-4-9-6-10(5-2)8-11(7-9)12-3;1-10-7-3-5(8)2-6(9)4-7;1-16-24(17(2)3)28(25(18(4)5)19(6)7)29(26(20(8)9)21(10)11)27(22(12)13)23(14)15;1-16(2)23(15)27(24(17(3)4)18(5)6)28(25(19(7)8)20(9)10)26(21(11)12)22(13)14;1-15-22(14)26(23(16(2)3)17(4)5)27(24(18(6)7)19(8)9)25(20(10)11)21(12)13/h10-12,18-19H,1-5H3;1-2,6-8H,3H3;2-4H,1H3;;;. The van der Waals surface area contributed by atoms with Crippen molar-refractivity contribution in [3.8, 4) is 65.6 Å². The first-order valence-electron chi connectivity index (χ1n) is 39.4. The average Bonchev–Trinajstić information content (AvgIpc) is 0.785. The molecule has 0 saturated carbocycles. The van der Waals surface area contributed by atoms with Crippen molar-refractivity contribution in [2.45, 2.75) is 38.9 Å². The topological polar surface area (TPSA) is 68.2 Å². The zero-order valence-corrected chi connectivity index (χ0v) is 76.4. The summed E-state index contributed by atoms with van der Waals surface area (Å²) in [5.74, 6) is 18.4. The number of hydrogen-bond acceptors (Lipinski definition) is 5. The molecule has 0 fully saturated rings. The number of ether oxygens (including phenoxy) is 3. The summed E-state index contributed by atoms with van der Waals surface area (Å²) in [7, 11) is 270. The number of terminal acetylenes is 2. The van der Waals surface area contributed by atoms with E-state index in [9.17, 15) is 10.2 Å². The Morgan fingerprint density at radius 1 is 0.270 bits per heavy atom. The van der Waals surface area contributed by atoms with Crippen LogP contribution in [0.5, 0.6) is 17.2 Å². The Morgan fingerprint density at radius 3 is 0.683 bits per heavy atom. The van der Waals surface area contributed by atoms with Gasteiger partial charge in [-0.05, 0) is 82.3 Å². The number of halogens is 2. The number of rotatable bonds is 40. The molecular formula is C35H34B84Br2O5. The third kappa shape index (κ3) is 47.1. The second-order valence-electron chi connectivity index (χ2n) is 31.9. The third-order valence-electron chi connectivity index (χ3n) is 20.7. The second kappa shape index (κ2) is 65.5. The fraction of sp³-hybridized carbons (Fsp3) is 0.257. The maximum absolute atomic E-state index is 9.62. The van der Waals surface area contributed by atoms with Crippen LogP contribution < -0.4 is 14.2 Å². The van der Waals surface area contributed by atoms with E-state index in [-0.39, 0.29) is 0 Å². The Hall–Kier alpha value is 1.63. The van der Waals surface area contributed by atoms with Gasteiger partial charge >= 0.3 is 0 Å². The molecule has 0 heterocycles. The summed E-state index contributed by atoms with van der Waals surface area (Å²) in [4.78, 5) is 0. The van der Waals surface area contributed by atoms with E-state index in [4.69, 9.17) is 367 Å². The Bertz CT molecular complexity index is 3460. The smallest absolute Gasteiger partial charge is 0.121 e. The fourth-order valence-corrected chi connectivity index (χ4v) is 16.5. The molecule has 5 nitrogen and oxygen atoms in total. The molecule has 470 valence electrons. The lowest BCUT2D eigenvalue weighted by Crippen LogP contribution is -2.87. The summed E-state index contributed by atoms with van der Waals surface area (Å²) < 4.78 is 17.2. The molecule has 0 bridgehead atoms. The van der Waals surface area contributed by atoms with E-state index in [1.165, 1.54) is 14.1 Å². The molecule has 3 aromatic carbocycles. The molecule has 0 aromatic heterocycles. The Morgan fingerprint density at radius 2 is 0.476 bits per heavy atom. The molecule has 0 amide bonds. The van der Waals surface area contributed by atoms with Crippen molar-refractivity contribution >= 4 is 629 Å². The van der Waals surface area contributed by atoms with Crippen molar-refractivity contribution in [2.75, 3.05) is 21.3 Å². The van der Waals surface area contributed by atoms with Crippen molar-refractivity contribution in [3.05, 3.63) is 85.8 Å². The zero-order chi connectivity index (χ0) is 99.3. The van der Waals surface area contributed by atoms with Gasteiger partial charge in [0.25, 0.3) is 0 Å². The van der Waals surface area contributed by atoms with E-state index in [2.05, 4.69) is 67.4 Å². The van der Waals surface area contributed by atoms with Gasteiger partial charge in [0.15, 0.2) is 0 Å². The SMILES string of the molecule is C#Cc1cc(C#C)cc(OC)c1.COc1cc(Br)cc(Br)c1.COc1cc(C#CC(C)(C)O)cc(C#CC(C)(C)O)c1.[B]B([B])B([B])B(B(B([B])[B])B([B])[B])B(B(B([B])[B])B([B])[B])B(B([B])[B])B([B])[B].[B][B]B(B([B])[B])B(B(B([B])[B])B([B])[B])B(B(B([B])[B])B([B])[B])B(B([B])[B])B([B])[B].[B][B]B([B])B(B(B([B])[B])B([B])[B])B(B(B([B])[B])B([B])[B])B(B([B])[B])B([B])[B]. The first-order valence-corrected chi connectivity index (χ1v) is 41.0. The van der Waals surface area contributed by atoms with Gasteiger partial charge in [0.2, 0.25) is 0 Å². The minimum Gasteiger partial charge on any atom is -0.497 e. The molecule has 0 unspecified atom stereocenters. The molecule has 0 saturated heterocycles. The molecule has 0 aliphatic heterocycles. The molecule has 0 aliphatic rings. The summed E-state index contributed by atoms with van der Waals surface area (Å²) in [6, 6.07) is 16.4. The Balaban J connectivity index is -0.00000148. The van der Waals surface area contributed by atoms with Crippen molar-refractivity contribution in [2.24, 2.45) is 0 Å². The first kappa shape index (κ1) is 132. The lowest BCUT2D eigenvalue weighted by molar-refractivity contribution is 0.143. The van der Waals surface area contributed by atoms with Gasteiger partial charge in [-0.25, -0.2) is 0 Å². The predicted octanol–water partition coefficient (Wildman–Crippen LogP) is -25.2. The Labute approximate surface area is 856 Å². The van der Waals surface area contributed by atoms with E-state index in [0.29, 0.717) is 22.6 Å². The van der Waals surface area contributed by atoms with Gasteiger partial charge in [-0.2, -0.15) is 0 Å². The quantitative estimate of drug-likeness (QED) is 0.0439. The van der Waals surface area contributed by atoms with Crippen LogP contribution >= 0.6 is 31.9 Å². The molecule has 91 heteroatoms. The monoisotopic (exact) mass is 1620 g/mol. The van der Waals surface area contributed by atoms with E-state index >= 15 is 0 Å². The number of benzene rings is 3. The van der Waals surface area contributed by atoms with Crippen LogP contribution in [0.4, 0.5) is 0 Å². The van der Waals surface area contributed by atoms with Crippen LogP contribution in [0.3, 0.4) is 0 Å². The zero-order valence-electron chi connectivity index (χ0n) is 73.2. The molecule has 126 heavy (non-hydrogen) atoms. The van der Waals surface area contributed by atoms with Crippen molar-refractivity contribution in [3.63, 3.8) is 0 Å². The average molecular weight is 1600 g/mol. The predicted molar refractivity (Wildman–Crippen MR) is 660 cm³/mol. The fourth-order valence-electron chi connectivity index (χ4n) is 15.3. The lowest BCUT2D eigenvalue weighted by atomic mass is 8.32. The molecule has 0 atom stereocenters. The first-order chi connectivity index (χ1) is 57.7. The molecule has 3 rings (SSSR count). The number of hydrogen-bond donors (Lipinski definition) is 2. The van der Waals surface area contributed by atoms with Gasteiger partial charge in [0.1, 0.15) is 28.5 Å². The van der Waals surface area contributed by atoms with Crippen LogP contribution in [-0.2, 0) is 0 Å². The van der Waals surface area contributed by atoms with Crippen LogP contribution in [0.25, 0.3) is 0 Å². The summed E-state index contributed by atoms with van der Waals surface area (Å²) in [6.45, 7) is 6.48. The normalized spacial score (nSPS) is 9.53. The largest absolute Gasteiger partial charge is 0.497 e. The van der Waals surface area contributed by atoms with Gasteiger partial charge in [0, 0.05) is 628 Å². The summed E-state index contributed by atoms with van der Waals surface area (Å²) >= 11 is 6.69. The van der Waals surface area contributed by atoms with Gasteiger partial charge < -0.3 is 24.4 Å². The van der Waals surface area contributed by atoms with Crippen molar-refractivity contribution in [1.82, 2.24) is 0 Å². The molecule has 3 aromatic rings. The van der Waals surface area contributed by atoms with Gasteiger partial charge in [-0.1, -0.05) is 67.4 Å². The van der Waals surface area contributed by atoms with Crippen molar-refractivity contribution < 1.29 is 24.4 Å². The lowest BCUT2D eigenvalue weighted by Gasteiger charge is -2.49. The van der Waals surface area contributed by atoms with E-state index in [1.807, 2.05) is 18.2 Å². The molecule has 0 aliphatic carbocycles. The van der Waals surface area contributed by atoms with Crippen molar-refractivity contribution in [1.29, 1.82) is 0 Å². The number of methoxy groups -OCH3 is 3. The summed E-state index contributed by atoms with van der Waals surface area (Å²) in [6.07, 6.45) is -24.2.